The van der Waals surface area contributed by atoms with E-state index in [1.807, 2.05) is 0 Å². The molecule has 0 bridgehead atoms. The Hall–Kier alpha value is 0.1000. The maximum absolute atomic E-state index is 5.64. The zero-order valence-corrected chi connectivity index (χ0v) is 13.8. The van der Waals surface area contributed by atoms with E-state index in [9.17, 15) is 0 Å². The van der Waals surface area contributed by atoms with E-state index in [1.165, 1.54) is 28.4 Å². The van der Waals surface area contributed by atoms with Gasteiger partial charge in [0.25, 0.3) is 0 Å². The molecule has 0 heterocycles. The maximum Gasteiger partial charge on any atom is 0.0591 e. The van der Waals surface area contributed by atoms with Crippen LogP contribution in [0.3, 0.4) is 0 Å². The van der Waals surface area contributed by atoms with Crippen molar-refractivity contribution in [2.75, 3.05) is 19.8 Å². The van der Waals surface area contributed by atoms with Crippen LogP contribution in [0.4, 0.5) is 0 Å². The molecule has 0 saturated heterocycles. The molecule has 0 aliphatic heterocycles. The summed E-state index contributed by atoms with van der Waals surface area (Å²) in [5.41, 5.74) is 2.54. The second kappa shape index (κ2) is 7.04. The lowest BCUT2D eigenvalue weighted by Crippen LogP contribution is -2.22. The Morgan fingerprint density at radius 3 is 2.72 bits per heavy atom. The van der Waals surface area contributed by atoms with Gasteiger partial charge in [0, 0.05) is 21.5 Å². The third kappa shape index (κ3) is 4.65. The number of rotatable bonds is 7. The minimum Gasteiger partial charge on any atom is -0.380 e. The van der Waals surface area contributed by atoms with Crippen LogP contribution >= 0.6 is 31.9 Å². The fourth-order valence-electron chi connectivity index (χ4n) is 1.79. The highest BCUT2D eigenvalue weighted by molar-refractivity contribution is 9.11. The van der Waals surface area contributed by atoms with Crippen molar-refractivity contribution in [1.29, 1.82) is 0 Å². The van der Waals surface area contributed by atoms with Gasteiger partial charge in [-0.3, -0.25) is 0 Å². The number of halogens is 2. The van der Waals surface area contributed by atoms with Gasteiger partial charge in [0.1, 0.15) is 0 Å². The highest BCUT2D eigenvalue weighted by atomic mass is 79.9. The number of nitrogens with one attached hydrogen (secondary N) is 1. The highest BCUT2D eigenvalue weighted by Crippen LogP contribution is 2.25. The fourth-order valence-corrected chi connectivity index (χ4v) is 2.83. The second-order valence-electron chi connectivity index (χ2n) is 4.78. The van der Waals surface area contributed by atoms with Crippen molar-refractivity contribution in [2.24, 2.45) is 0 Å². The van der Waals surface area contributed by atoms with Gasteiger partial charge in [-0.15, -0.1) is 0 Å². The summed E-state index contributed by atoms with van der Waals surface area (Å²) >= 11 is 7.17. The van der Waals surface area contributed by atoms with Crippen LogP contribution in [0, 0.1) is 6.92 Å². The number of hydrogen-bond acceptors (Lipinski definition) is 2. The Balaban J connectivity index is 1.67. The zero-order chi connectivity index (χ0) is 13.0. The Morgan fingerprint density at radius 1 is 1.22 bits per heavy atom. The molecule has 0 atom stereocenters. The molecule has 18 heavy (non-hydrogen) atoms. The normalized spacial score (nSPS) is 15.1. The van der Waals surface area contributed by atoms with Crippen LogP contribution < -0.4 is 5.32 Å². The smallest absolute Gasteiger partial charge is 0.0591 e. The first-order valence-corrected chi connectivity index (χ1v) is 8.01. The van der Waals surface area contributed by atoms with Gasteiger partial charge in [-0.25, -0.2) is 0 Å². The van der Waals surface area contributed by atoms with Crippen molar-refractivity contribution < 1.29 is 4.74 Å². The molecular formula is C14H19Br2NO. The predicted octanol–water partition coefficient (Wildman–Crippen LogP) is 3.83. The fraction of sp³-hybridized carbons (Fsp3) is 0.571. The van der Waals surface area contributed by atoms with E-state index >= 15 is 0 Å². The summed E-state index contributed by atoms with van der Waals surface area (Å²) in [5.74, 6) is 0. The van der Waals surface area contributed by atoms with Crippen molar-refractivity contribution >= 4 is 31.9 Å². The Bertz CT molecular complexity index is 405. The molecular weight excluding hydrogens is 358 g/mol. The van der Waals surface area contributed by atoms with Crippen LogP contribution in [0.15, 0.2) is 21.1 Å². The second-order valence-corrected chi connectivity index (χ2v) is 6.49. The lowest BCUT2D eigenvalue weighted by molar-refractivity contribution is 0.138. The molecule has 2 nitrogen and oxygen atoms in total. The van der Waals surface area contributed by atoms with Crippen LogP contribution in [0.2, 0.25) is 0 Å². The van der Waals surface area contributed by atoms with Gasteiger partial charge in [0.15, 0.2) is 0 Å². The van der Waals surface area contributed by atoms with Crippen LogP contribution in [0.1, 0.15) is 24.0 Å². The van der Waals surface area contributed by atoms with E-state index in [0.717, 1.165) is 36.7 Å². The van der Waals surface area contributed by atoms with Crippen molar-refractivity contribution in [2.45, 2.75) is 32.2 Å². The van der Waals surface area contributed by atoms with Gasteiger partial charge >= 0.3 is 0 Å². The SMILES string of the molecule is Cc1cc(Br)c(CCOCCNC2CC2)cc1Br. The monoisotopic (exact) mass is 375 g/mol. The van der Waals surface area contributed by atoms with Gasteiger partial charge in [0.2, 0.25) is 0 Å². The van der Waals surface area contributed by atoms with E-state index in [0.29, 0.717) is 0 Å². The van der Waals surface area contributed by atoms with Gasteiger partial charge in [0.05, 0.1) is 13.2 Å². The van der Waals surface area contributed by atoms with Crippen molar-refractivity contribution in [1.82, 2.24) is 5.32 Å². The van der Waals surface area contributed by atoms with Crippen LogP contribution in [0.25, 0.3) is 0 Å². The molecule has 4 heteroatoms. The molecule has 1 aromatic rings. The summed E-state index contributed by atoms with van der Waals surface area (Å²) in [6, 6.07) is 5.09. The molecule has 2 rings (SSSR count). The summed E-state index contributed by atoms with van der Waals surface area (Å²) in [5, 5.41) is 3.44. The average molecular weight is 377 g/mol. The third-order valence-corrected chi connectivity index (χ3v) is 4.69. The van der Waals surface area contributed by atoms with E-state index in [2.05, 4.69) is 56.2 Å². The molecule has 1 aliphatic carbocycles. The molecule has 1 fully saturated rings. The van der Waals surface area contributed by atoms with Crippen LogP contribution in [0.5, 0.6) is 0 Å². The van der Waals surface area contributed by atoms with Crippen LogP contribution in [-0.2, 0) is 11.2 Å². The summed E-state index contributed by atoms with van der Waals surface area (Å²) in [7, 11) is 0. The van der Waals surface area contributed by atoms with Crippen molar-refractivity contribution in [3.8, 4) is 0 Å². The number of hydrogen-bond donors (Lipinski definition) is 1. The summed E-state index contributed by atoms with van der Waals surface area (Å²) < 4.78 is 7.97. The largest absolute Gasteiger partial charge is 0.380 e. The van der Waals surface area contributed by atoms with Crippen molar-refractivity contribution in [3.63, 3.8) is 0 Å². The Kier molecular flexibility index (Phi) is 5.67. The van der Waals surface area contributed by atoms with E-state index < -0.39 is 0 Å². The number of benzene rings is 1. The van der Waals surface area contributed by atoms with Crippen LogP contribution in [-0.4, -0.2) is 25.8 Å². The number of ether oxygens (including phenoxy) is 1. The van der Waals surface area contributed by atoms with Gasteiger partial charge in [-0.05, 0) is 49.4 Å². The summed E-state index contributed by atoms with van der Waals surface area (Å²) in [6.45, 7) is 4.66. The Labute approximate surface area is 126 Å². The highest BCUT2D eigenvalue weighted by Gasteiger charge is 2.19. The molecule has 0 radical (unpaired) electrons. The summed E-state index contributed by atoms with van der Waals surface area (Å²) in [4.78, 5) is 0. The minimum atomic E-state index is 0.774. The standard InChI is InChI=1S/C14H19Br2NO/c1-10-8-14(16)11(9-13(10)15)4-6-18-7-5-17-12-2-3-12/h8-9,12,17H,2-7H2,1H3. The molecule has 0 aromatic heterocycles. The van der Waals surface area contributed by atoms with E-state index in [-0.39, 0.29) is 0 Å². The zero-order valence-electron chi connectivity index (χ0n) is 10.6. The quantitative estimate of drug-likeness (QED) is 0.730. The molecule has 100 valence electrons. The minimum absolute atomic E-state index is 0.774. The average Bonchev–Trinajstić information content (AvgIpc) is 3.13. The molecule has 0 spiro atoms. The van der Waals surface area contributed by atoms with Gasteiger partial charge in [-0.1, -0.05) is 31.9 Å². The first-order chi connectivity index (χ1) is 8.66. The lowest BCUT2D eigenvalue weighted by Gasteiger charge is -2.09. The maximum atomic E-state index is 5.64. The molecule has 0 amide bonds. The molecule has 0 unspecified atom stereocenters. The molecule has 1 N–H and O–H groups in total. The van der Waals surface area contributed by atoms with E-state index in [4.69, 9.17) is 4.74 Å². The van der Waals surface area contributed by atoms with E-state index in [1.54, 1.807) is 0 Å². The topological polar surface area (TPSA) is 21.3 Å². The van der Waals surface area contributed by atoms with Gasteiger partial charge < -0.3 is 10.1 Å². The number of aryl methyl sites for hydroxylation is 1. The molecule has 1 saturated carbocycles. The summed E-state index contributed by atoms with van der Waals surface area (Å²) in [6.07, 6.45) is 3.62. The molecule has 1 aliphatic rings. The first kappa shape index (κ1) is 14.5. The lowest BCUT2D eigenvalue weighted by atomic mass is 10.1. The Morgan fingerprint density at radius 2 is 2.00 bits per heavy atom. The first-order valence-electron chi connectivity index (χ1n) is 6.42. The molecule has 1 aromatic carbocycles. The predicted molar refractivity (Wildman–Crippen MR) is 82.1 cm³/mol. The van der Waals surface area contributed by atoms with Gasteiger partial charge in [-0.2, -0.15) is 0 Å². The van der Waals surface area contributed by atoms with Crippen molar-refractivity contribution in [3.05, 3.63) is 32.2 Å². The third-order valence-electron chi connectivity index (χ3n) is 3.10.